The minimum atomic E-state index is -0.581. The molecule has 24 heavy (non-hydrogen) atoms. The number of rotatable bonds is 3. The molecule has 0 aromatic heterocycles. The van der Waals surface area contributed by atoms with Crippen molar-refractivity contribution in [1.82, 2.24) is 10.2 Å². The van der Waals surface area contributed by atoms with Gasteiger partial charge in [0.1, 0.15) is 0 Å². The first kappa shape index (κ1) is 17.0. The van der Waals surface area contributed by atoms with Gasteiger partial charge in [0.05, 0.1) is 0 Å². The number of likely N-dealkylation sites (tertiary alicyclic amines) is 1. The minimum absolute atomic E-state index is 0.0856. The van der Waals surface area contributed by atoms with E-state index in [-0.39, 0.29) is 6.04 Å². The van der Waals surface area contributed by atoms with Crippen LogP contribution in [-0.2, 0) is 9.59 Å². The highest BCUT2D eigenvalue weighted by molar-refractivity contribution is 6.39. The summed E-state index contributed by atoms with van der Waals surface area (Å²) in [4.78, 5) is 26.8. The van der Waals surface area contributed by atoms with Crippen LogP contribution in [0.1, 0.15) is 43.2 Å². The summed E-state index contributed by atoms with van der Waals surface area (Å²) in [5.74, 6) is -1.11. The van der Waals surface area contributed by atoms with E-state index in [1.807, 2.05) is 32.0 Å². The maximum Gasteiger partial charge on any atom is 0.313 e. The molecule has 1 atom stereocenters. The van der Waals surface area contributed by atoms with Crippen LogP contribution in [0.3, 0.4) is 0 Å². The zero-order valence-corrected chi connectivity index (χ0v) is 14.6. The number of carbonyl (C=O) groups excluding carboxylic acids is 2. The van der Waals surface area contributed by atoms with Gasteiger partial charge in [-0.2, -0.15) is 0 Å². The molecule has 1 saturated carbocycles. The lowest BCUT2D eigenvalue weighted by Gasteiger charge is -2.23. The van der Waals surface area contributed by atoms with Crippen LogP contribution in [0.25, 0.3) is 0 Å². The average Bonchev–Trinajstić information content (AvgIpc) is 3.21. The van der Waals surface area contributed by atoms with Crippen LogP contribution in [0.2, 0.25) is 0 Å². The van der Waals surface area contributed by atoms with Crippen molar-refractivity contribution < 1.29 is 9.59 Å². The fourth-order valence-corrected chi connectivity index (χ4v) is 3.81. The number of hydrogen-bond acceptors (Lipinski definition) is 3. The summed E-state index contributed by atoms with van der Waals surface area (Å²) in [5.41, 5.74) is 2.71. The van der Waals surface area contributed by atoms with Crippen molar-refractivity contribution in [1.29, 1.82) is 0 Å². The molecule has 1 aliphatic heterocycles. The highest BCUT2D eigenvalue weighted by atomic mass is 16.2. The van der Waals surface area contributed by atoms with Crippen molar-refractivity contribution in [3.05, 3.63) is 29.3 Å². The second-order valence-corrected chi connectivity index (χ2v) is 7.16. The van der Waals surface area contributed by atoms with Crippen LogP contribution in [0.5, 0.6) is 0 Å². The lowest BCUT2D eigenvalue weighted by molar-refractivity contribution is -0.136. The normalized spacial score (nSPS) is 21.8. The molecule has 1 heterocycles. The molecular formula is C19H27N3O2. The SMILES string of the molecule is Cc1ccc(C)c(NC(=O)C(=O)N[C@@H]2CCN(C3CCCC3)C2)c1. The third-order valence-corrected chi connectivity index (χ3v) is 5.24. The number of nitrogens with zero attached hydrogens (tertiary/aromatic N) is 1. The topological polar surface area (TPSA) is 61.4 Å². The van der Waals surface area contributed by atoms with Gasteiger partial charge in [-0.05, 0) is 50.3 Å². The Hall–Kier alpha value is -1.88. The first-order valence-corrected chi connectivity index (χ1v) is 8.96. The van der Waals surface area contributed by atoms with E-state index in [4.69, 9.17) is 0 Å². The van der Waals surface area contributed by atoms with Crippen LogP contribution >= 0.6 is 0 Å². The standard InChI is InChI=1S/C19H27N3O2/c1-13-7-8-14(2)17(11-13)21-19(24)18(23)20-15-9-10-22(12-15)16-5-3-4-6-16/h7-8,11,15-16H,3-6,9-10,12H2,1-2H3,(H,20,23)(H,21,24)/t15-/m1/s1. The van der Waals surface area contributed by atoms with Gasteiger partial charge < -0.3 is 10.6 Å². The van der Waals surface area contributed by atoms with Crippen molar-refractivity contribution in [2.75, 3.05) is 18.4 Å². The summed E-state index contributed by atoms with van der Waals surface area (Å²) in [6.45, 7) is 5.77. The third-order valence-electron chi connectivity index (χ3n) is 5.24. The van der Waals surface area contributed by atoms with Crippen LogP contribution in [0.15, 0.2) is 18.2 Å². The van der Waals surface area contributed by atoms with Gasteiger partial charge in [-0.15, -0.1) is 0 Å². The van der Waals surface area contributed by atoms with Crippen molar-refractivity contribution in [3.63, 3.8) is 0 Å². The summed E-state index contributed by atoms with van der Waals surface area (Å²) in [6.07, 6.45) is 6.10. The number of nitrogens with one attached hydrogen (secondary N) is 2. The average molecular weight is 329 g/mol. The number of aryl methyl sites for hydroxylation is 2. The predicted molar refractivity (Wildman–Crippen MR) is 94.9 cm³/mol. The molecule has 0 unspecified atom stereocenters. The number of hydrogen-bond donors (Lipinski definition) is 2. The van der Waals surface area contributed by atoms with Gasteiger partial charge in [0.2, 0.25) is 0 Å². The molecule has 0 spiro atoms. The Kier molecular flexibility index (Phi) is 5.19. The number of anilines is 1. The van der Waals surface area contributed by atoms with Crippen LogP contribution in [-0.4, -0.2) is 41.9 Å². The Labute approximate surface area is 143 Å². The highest BCUT2D eigenvalue weighted by Crippen LogP contribution is 2.26. The van der Waals surface area contributed by atoms with E-state index in [2.05, 4.69) is 15.5 Å². The molecule has 1 aromatic rings. The van der Waals surface area contributed by atoms with Crippen molar-refractivity contribution >= 4 is 17.5 Å². The molecule has 0 radical (unpaired) electrons. The van der Waals surface area contributed by atoms with Crippen molar-refractivity contribution in [3.8, 4) is 0 Å². The van der Waals surface area contributed by atoms with E-state index in [9.17, 15) is 9.59 Å². The van der Waals surface area contributed by atoms with Crippen molar-refractivity contribution in [2.45, 2.75) is 58.0 Å². The van der Waals surface area contributed by atoms with Gasteiger partial charge in [-0.1, -0.05) is 25.0 Å². The monoisotopic (exact) mass is 329 g/mol. The first-order chi connectivity index (χ1) is 11.5. The Balaban J connectivity index is 1.51. The number of amides is 2. The summed E-state index contributed by atoms with van der Waals surface area (Å²) in [7, 11) is 0. The van der Waals surface area contributed by atoms with Gasteiger partial charge in [-0.3, -0.25) is 14.5 Å². The smallest absolute Gasteiger partial charge is 0.313 e. The zero-order valence-electron chi connectivity index (χ0n) is 14.6. The molecule has 2 aliphatic rings. The van der Waals surface area contributed by atoms with Gasteiger partial charge in [0.15, 0.2) is 0 Å². The van der Waals surface area contributed by atoms with E-state index in [1.165, 1.54) is 25.7 Å². The van der Waals surface area contributed by atoms with E-state index >= 15 is 0 Å². The Morgan fingerprint density at radius 1 is 1.08 bits per heavy atom. The van der Waals surface area contributed by atoms with Crippen molar-refractivity contribution in [2.24, 2.45) is 0 Å². The Morgan fingerprint density at radius 3 is 2.58 bits per heavy atom. The largest absolute Gasteiger partial charge is 0.344 e. The second kappa shape index (κ2) is 7.34. The Morgan fingerprint density at radius 2 is 1.83 bits per heavy atom. The van der Waals surface area contributed by atoms with E-state index in [0.29, 0.717) is 11.7 Å². The quantitative estimate of drug-likeness (QED) is 0.837. The molecule has 130 valence electrons. The molecule has 5 heteroatoms. The minimum Gasteiger partial charge on any atom is -0.344 e. The summed E-state index contributed by atoms with van der Waals surface area (Å²) < 4.78 is 0. The van der Waals surface area contributed by atoms with E-state index < -0.39 is 11.8 Å². The van der Waals surface area contributed by atoms with Crippen LogP contribution in [0, 0.1) is 13.8 Å². The highest BCUT2D eigenvalue weighted by Gasteiger charge is 2.31. The maximum absolute atomic E-state index is 12.2. The maximum atomic E-state index is 12.2. The second-order valence-electron chi connectivity index (χ2n) is 7.16. The summed E-state index contributed by atoms with van der Waals surface area (Å²) >= 11 is 0. The van der Waals surface area contributed by atoms with Crippen LogP contribution in [0.4, 0.5) is 5.69 Å². The lowest BCUT2D eigenvalue weighted by Crippen LogP contribution is -2.44. The van der Waals surface area contributed by atoms with Gasteiger partial charge >= 0.3 is 11.8 Å². The molecule has 5 nitrogen and oxygen atoms in total. The molecule has 2 fully saturated rings. The molecule has 0 bridgehead atoms. The lowest BCUT2D eigenvalue weighted by atomic mass is 10.1. The first-order valence-electron chi connectivity index (χ1n) is 8.96. The van der Waals surface area contributed by atoms with Gasteiger partial charge in [0, 0.05) is 30.9 Å². The number of benzene rings is 1. The van der Waals surface area contributed by atoms with E-state index in [1.54, 1.807) is 0 Å². The summed E-state index contributed by atoms with van der Waals surface area (Å²) in [6, 6.07) is 6.58. The molecular weight excluding hydrogens is 302 g/mol. The molecule has 3 rings (SSSR count). The Bertz CT molecular complexity index is 623. The molecule has 2 N–H and O–H groups in total. The van der Waals surface area contributed by atoms with E-state index in [0.717, 1.165) is 30.6 Å². The fraction of sp³-hybridized carbons (Fsp3) is 0.579. The third kappa shape index (κ3) is 3.96. The zero-order chi connectivity index (χ0) is 17.1. The molecule has 2 amide bonds. The molecule has 1 aliphatic carbocycles. The number of carbonyl (C=O) groups is 2. The molecule has 1 saturated heterocycles. The van der Waals surface area contributed by atoms with Crippen LogP contribution < -0.4 is 10.6 Å². The molecule has 1 aromatic carbocycles. The van der Waals surface area contributed by atoms with Gasteiger partial charge in [0.25, 0.3) is 0 Å². The predicted octanol–water partition coefficient (Wildman–Crippen LogP) is 2.38. The summed E-state index contributed by atoms with van der Waals surface area (Å²) in [5, 5.41) is 5.62. The fourth-order valence-electron chi connectivity index (χ4n) is 3.81. The van der Waals surface area contributed by atoms with Gasteiger partial charge in [-0.25, -0.2) is 0 Å².